The van der Waals surface area contributed by atoms with Gasteiger partial charge < -0.3 is 14.5 Å². The van der Waals surface area contributed by atoms with Gasteiger partial charge in [0.1, 0.15) is 5.76 Å². The molecule has 0 atom stereocenters. The average molecular weight is 345 g/mol. The van der Waals surface area contributed by atoms with Crippen LogP contribution in [-0.4, -0.2) is 55.1 Å². The molecule has 1 N–H and O–H groups in total. The molecular formula is C17H19N3O5. The minimum atomic E-state index is -0.472. The van der Waals surface area contributed by atoms with Gasteiger partial charge >= 0.3 is 0 Å². The van der Waals surface area contributed by atoms with E-state index >= 15 is 0 Å². The van der Waals surface area contributed by atoms with Gasteiger partial charge in [-0.2, -0.15) is 0 Å². The SMILES string of the molecule is O=C(NCCN1CCOCC1)c1ccc(-c2ccccc2[N+](=O)[O-])o1. The van der Waals surface area contributed by atoms with Crippen LogP contribution in [0.5, 0.6) is 0 Å². The van der Waals surface area contributed by atoms with Gasteiger partial charge in [-0.15, -0.1) is 0 Å². The third-order valence-electron chi connectivity index (χ3n) is 4.01. The van der Waals surface area contributed by atoms with Crippen molar-refractivity contribution in [3.8, 4) is 11.3 Å². The van der Waals surface area contributed by atoms with Crippen LogP contribution in [0, 0.1) is 10.1 Å². The number of nitrogens with zero attached hydrogens (tertiary/aromatic N) is 2. The Morgan fingerprint density at radius 1 is 1.20 bits per heavy atom. The number of amides is 1. The van der Waals surface area contributed by atoms with Gasteiger partial charge in [0.25, 0.3) is 11.6 Å². The number of hydrogen-bond donors (Lipinski definition) is 1. The van der Waals surface area contributed by atoms with Crippen molar-refractivity contribution >= 4 is 11.6 Å². The zero-order valence-corrected chi connectivity index (χ0v) is 13.6. The summed E-state index contributed by atoms with van der Waals surface area (Å²) in [4.78, 5) is 25.0. The smallest absolute Gasteiger partial charge is 0.287 e. The first kappa shape index (κ1) is 17.1. The summed E-state index contributed by atoms with van der Waals surface area (Å²) in [6.07, 6.45) is 0. The summed E-state index contributed by atoms with van der Waals surface area (Å²) in [7, 11) is 0. The van der Waals surface area contributed by atoms with E-state index in [9.17, 15) is 14.9 Å². The maximum atomic E-state index is 12.2. The molecule has 0 spiro atoms. The number of nitrogens with one attached hydrogen (secondary N) is 1. The van der Waals surface area contributed by atoms with E-state index in [1.165, 1.54) is 12.1 Å². The van der Waals surface area contributed by atoms with E-state index in [1.54, 1.807) is 24.3 Å². The Morgan fingerprint density at radius 2 is 1.96 bits per heavy atom. The molecule has 0 saturated carbocycles. The van der Waals surface area contributed by atoms with Crippen LogP contribution >= 0.6 is 0 Å². The van der Waals surface area contributed by atoms with Crippen LogP contribution in [0.15, 0.2) is 40.8 Å². The van der Waals surface area contributed by atoms with Crippen molar-refractivity contribution in [2.75, 3.05) is 39.4 Å². The molecule has 132 valence electrons. The second kappa shape index (κ2) is 7.91. The highest BCUT2D eigenvalue weighted by atomic mass is 16.6. The first-order chi connectivity index (χ1) is 12.1. The van der Waals surface area contributed by atoms with Crippen molar-refractivity contribution in [1.29, 1.82) is 0 Å². The average Bonchev–Trinajstić information content (AvgIpc) is 3.12. The normalized spacial score (nSPS) is 15.0. The van der Waals surface area contributed by atoms with Crippen LogP contribution in [0.1, 0.15) is 10.6 Å². The van der Waals surface area contributed by atoms with Gasteiger partial charge in [-0.05, 0) is 18.2 Å². The molecule has 2 heterocycles. The number of ether oxygens (including phenoxy) is 1. The lowest BCUT2D eigenvalue weighted by molar-refractivity contribution is -0.384. The number of carbonyl (C=O) groups excluding carboxylic acids is 1. The number of morpholine rings is 1. The van der Waals surface area contributed by atoms with Crippen molar-refractivity contribution in [1.82, 2.24) is 10.2 Å². The highest BCUT2D eigenvalue weighted by molar-refractivity contribution is 5.92. The summed E-state index contributed by atoms with van der Waals surface area (Å²) in [5, 5.41) is 13.9. The highest BCUT2D eigenvalue weighted by Gasteiger charge is 2.19. The number of para-hydroxylation sites is 1. The van der Waals surface area contributed by atoms with Crippen LogP contribution in [0.4, 0.5) is 5.69 Å². The lowest BCUT2D eigenvalue weighted by Crippen LogP contribution is -2.41. The van der Waals surface area contributed by atoms with E-state index < -0.39 is 4.92 Å². The summed E-state index contributed by atoms with van der Waals surface area (Å²) >= 11 is 0. The summed E-state index contributed by atoms with van der Waals surface area (Å²) < 4.78 is 10.8. The van der Waals surface area contributed by atoms with E-state index in [2.05, 4.69) is 10.2 Å². The van der Waals surface area contributed by atoms with Gasteiger partial charge in [-0.25, -0.2) is 0 Å². The van der Waals surface area contributed by atoms with Crippen molar-refractivity contribution in [2.45, 2.75) is 0 Å². The second-order valence-electron chi connectivity index (χ2n) is 5.65. The maximum Gasteiger partial charge on any atom is 0.287 e. The predicted octanol–water partition coefficient (Wildman–Crippen LogP) is 1.92. The molecule has 0 bridgehead atoms. The fourth-order valence-corrected chi connectivity index (χ4v) is 2.69. The van der Waals surface area contributed by atoms with Crippen LogP contribution in [0.3, 0.4) is 0 Å². The summed E-state index contributed by atoms with van der Waals surface area (Å²) in [5.74, 6) is 0.0962. The Labute approximate surface area is 144 Å². The molecule has 0 aliphatic carbocycles. The minimum Gasteiger partial charge on any atom is -0.451 e. The monoisotopic (exact) mass is 345 g/mol. The van der Waals surface area contributed by atoms with E-state index in [0.29, 0.717) is 31.1 Å². The van der Waals surface area contributed by atoms with Gasteiger partial charge in [0, 0.05) is 32.2 Å². The summed E-state index contributed by atoms with van der Waals surface area (Å²) in [5.41, 5.74) is 0.288. The molecule has 1 fully saturated rings. The van der Waals surface area contributed by atoms with Crippen molar-refractivity contribution in [3.63, 3.8) is 0 Å². The van der Waals surface area contributed by atoms with Crippen LogP contribution in [0.25, 0.3) is 11.3 Å². The van der Waals surface area contributed by atoms with Crippen molar-refractivity contribution in [3.05, 3.63) is 52.3 Å². The van der Waals surface area contributed by atoms with Crippen molar-refractivity contribution < 1.29 is 18.9 Å². The third kappa shape index (κ3) is 4.23. The number of hydrogen-bond acceptors (Lipinski definition) is 6. The molecule has 2 aromatic rings. The lowest BCUT2D eigenvalue weighted by atomic mass is 10.1. The zero-order chi connectivity index (χ0) is 17.6. The lowest BCUT2D eigenvalue weighted by Gasteiger charge is -2.26. The molecule has 3 rings (SSSR count). The molecule has 1 aliphatic heterocycles. The fraction of sp³-hybridized carbons (Fsp3) is 0.353. The van der Waals surface area contributed by atoms with Gasteiger partial charge in [-0.3, -0.25) is 19.8 Å². The Hall–Kier alpha value is -2.71. The number of carbonyl (C=O) groups is 1. The number of furan rings is 1. The Morgan fingerprint density at radius 3 is 2.72 bits per heavy atom. The van der Waals surface area contributed by atoms with Crippen LogP contribution < -0.4 is 5.32 Å². The van der Waals surface area contributed by atoms with Gasteiger partial charge in [0.05, 0.1) is 23.7 Å². The highest BCUT2D eigenvalue weighted by Crippen LogP contribution is 2.30. The summed E-state index contributed by atoms with van der Waals surface area (Å²) in [6.45, 7) is 4.39. The first-order valence-electron chi connectivity index (χ1n) is 8.07. The topological polar surface area (TPSA) is 97.9 Å². The molecule has 8 nitrogen and oxygen atoms in total. The second-order valence-corrected chi connectivity index (χ2v) is 5.65. The largest absolute Gasteiger partial charge is 0.451 e. The van der Waals surface area contributed by atoms with E-state index in [4.69, 9.17) is 9.15 Å². The quantitative estimate of drug-likeness (QED) is 0.634. The van der Waals surface area contributed by atoms with Crippen molar-refractivity contribution in [2.24, 2.45) is 0 Å². The molecule has 0 radical (unpaired) electrons. The molecule has 1 aromatic carbocycles. The molecule has 8 heteroatoms. The molecule has 1 aliphatic rings. The predicted molar refractivity (Wildman–Crippen MR) is 90.4 cm³/mol. The van der Waals surface area contributed by atoms with E-state index in [1.807, 2.05) is 0 Å². The first-order valence-corrected chi connectivity index (χ1v) is 8.07. The van der Waals surface area contributed by atoms with Crippen LogP contribution in [-0.2, 0) is 4.74 Å². The molecule has 1 amide bonds. The molecule has 1 saturated heterocycles. The maximum absolute atomic E-state index is 12.2. The Kier molecular flexibility index (Phi) is 5.42. The van der Waals surface area contributed by atoms with Crippen LogP contribution in [0.2, 0.25) is 0 Å². The Bertz CT molecular complexity index is 752. The molecule has 1 aromatic heterocycles. The Balaban J connectivity index is 1.61. The zero-order valence-electron chi connectivity index (χ0n) is 13.6. The number of nitro benzene ring substituents is 1. The minimum absolute atomic E-state index is 0.0591. The number of rotatable bonds is 6. The fourth-order valence-electron chi connectivity index (χ4n) is 2.69. The number of nitro groups is 1. The third-order valence-corrected chi connectivity index (χ3v) is 4.01. The standard InChI is InChI=1S/C17H19N3O5/c21-17(18-7-8-19-9-11-24-12-10-19)16-6-5-15(25-16)13-3-1-2-4-14(13)20(22)23/h1-6H,7-12H2,(H,18,21). The van der Waals surface area contributed by atoms with E-state index in [0.717, 1.165) is 19.6 Å². The molecular weight excluding hydrogens is 326 g/mol. The number of benzene rings is 1. The van der Waals surface area contributed by atoms with Gasteiger partial charge in [0.15, 0.2) is 5.76 Å². The van der Waals surface area contributed by atoms with Gasteiger partial charge in [-0.1, -0.05) is 12.1 Å². The van der Waals surface area contributed by atoms with E-state index in [-0.39, 0.29) is 17.4 Å². The molecule has 25 heavy (non-hydrogen) atoms. The summed E-state index contributed by atoms with van der Waals surface area (Å²) in [6, 6.07) is 9.36. The molecule has 0 unspecified atom stereocenters. The van der Waals surface area contributed by atoms with Gasteiger partial charge in [0.2, 0.25) is 0 Å².